The molecule has 0 radical (unpaired) electrons. The molecule has 0 unspecified atom stereocenters. The van der Waals surface area contributed by atoms with Gasteiger partial charge >= 0.3 is 0 Å². The maximum Gasteiger partial charge on any atom is 0.173 e. The first-order chi connectivity index (χ1) is 11.5. The lowest BCUT2D eigenvalue weighted by Crippen LogP contribution is -2.07. The molecule has 1 aromatic rings. The van der Waals surface area contributed by atoms with E-state index >= 15 is 0 Å². The fraction of sp³-hybridized carbons (Fsp3) is 0.818. The van der Waals surface area contributed by atoms with E-state index in [2.05, 4.69) is 39.8 Å². The van der Waals surface area contributed by atoms with E-state index < -0.39 is 0 Å². The topological polar surface area (TPSA) is 9.23 Å². The molecule has 0 fully saturated rings. The van der Waals surface area contributed by atoms with Crippen LogP contribution in [0.2, 0.25) is 0 Å². The van der Waals surface area contributed by atoms with E-state index in [9.17, 15) is 0 Å². The predicted octanol–water partition coefficient (Wildman–Crippen LogP) is 8.13. The molecular weight excluding hydrogens is 312 g/mol. The van der Waals surface area contributed by atoms with Gasteiger partial charge in [0.05, 0.1) is 6.61 Å². The van der Waals surface area contributed by atoms with Gasteiger partial charge in [-0.3, -0.25) is 0 Å². The minimum Gasteiger partial charge on any atom is -0.484 e. The fourth-order valence-electron chi connectivity index (χ4n) is 2.92. The third-order valence-electron chi connectivity index (χ3n) is 4.56. The van der Waals surface area contributed by atoms with E-state index in [-0.39, 0.29) is 5.41 Å². The van der Waals surface area contributed by atoms with E-state index in [1.807, 2.05) is 0 Å². The highest BCUT2D eigenvalue weighted by molar-refractivity contribution is 7.14. The first-order valence-electron chi connectivity index (χ1n) is 10.3. The van der Waals surface area contributed by atoms with Crippen LogP contribution in [0.3, 0.4) is 0 Å². The Morgan fingerprint density at radius 3 is 1.71 bits per heavy atom. The van der Waals surface area contributed by atoms with Gasteiger partial charge in [-0.2, -0.15) is 0 Å². The minimum absolute atomic E-state index is 0.238. The molecule has 0 atom stereocenters. The van der Waals surface area contributed by atoms with Crippen molar-refractivity contribution in [2.24, 2.45) is 0 Å². The molecule has 0 aliphatic carbocycles. The van der Waals surface area contributed by atoms with Crippen molar-refractivity contribution in [1.82, 2.24) is 0 Å². The Morgan fingerprint density at radius 2 is 1.25 bits per heavy atom. The number of hydrogen-bond acceptors (Lipinski definition) is 2. The van der Waals surface area contributed by atoms with Crippen LogP contribution >= 0.6 is 11.3 Å². The van der Waals surface area contributed by atoms with Crippen molar-refractivity contribution >= 4 is 11.3 Å². The normalized spacial score (nSPS) is 11.8. The highest BCUT2D eigenvalue weighted by Gasteiger charge is 2.16. The van der Waals surface area contributed by atoms with Gasteiger partial charge in [-0.15, -0.1) is 11.3 Å². The smallest absolute Gasteiger partial charge is 0.173 e. The first-order valence-corrected chi connectivity index (χ1v) is 11.1. The average molecular weight is 353 g/mol. The number of ether oxygens (including phenoxy) is 1. The Labute approximate surface area is 155 Å². The molecule has 0 N–H and O–H groups in total. The zero-order chi connectivity index (χ0) is 17.7. The van der Waals surface area contributed by atoms with Crippen molar-refractivity contribution in [1.29, 1.82) is 0 Å². The Hall–Kier alpha value is -0.500. The maximum absolute atomic E-state index is 5.89. The van der Waals surface area contributed by atoms with Crippen molar-refractivity contribution < 1.29 is 4.74 Å². The van der Waals surface area contributed by atoms with Crippen LogP contribution < -0.4 is 4.74 Å². The van der Waals surface area contributed by atoms with E-state index in [1.165, 1.54) is 81.9 Å². The Bertz CT molecular complexity index is 402. The van der Waals surface area contributed by atoms with Crippen LogP contribution in [0.25, 0.3) is 0 Å². The SMILES string of the molecule is CCCCCCCCCCCCCCOc1ccc(C(C)(C)C)s1. The molecule has 2 heteroatoms. The van der Waals surface area contributed by atoms with E-state index in [0.717, 1.165) is 11.7 Å². The molecule has 1 aromatic heterocycles. The summed E-state index contributed by atoms with van der Waals surface area (Å²) in [6.45, 7) is 9.94. The average Bonchev–Trinajstić information content (AvgIpc) is 3.01. The second-order valence-corrected chi connectivity index (χ2v) is 9.15. The second kappa shape index (κ2) is 12.8. The number of rotatable bonds is 14. The zero-order valence-electron chi connectivity index (χ0n) is 16.7. The molecule has 0 spiro atoms. The summed E-state index contributed by atoms with van der Waals surface area (Å²) in [4.78, 5) is 1.41. The first kappa shape index (κ1) is 21.5. The highest BCUT2D eigenvalue weighted by Crippen LogP contribution is 2.33. The summed E-state index contributed by atoms with van der Waals surface area (Å²) in [5.74, 6) is 0. The molecular formula is C22H40OS. The molecule has 24 heavy (non-hydrogen) atoms. The van der Waals surface area contributed by atoms with Crippen LogP contribution in [0.5, 0.6) is 5.06 Å². The Morgan fingerprint density at radius 1 is 0.750 bits per heavy atom. The summed E-state index contributed by atoms with van der Waals surface area (Å²) < 4.78 is 5.89. The summed E-state index contributed by atoms with van der Waals surface area (Å²) >= 11 is 1.80. The summed E-state index contributed by atoms with van der Waals surface area (Å²) in [5.41, 5.74) is 0.238. The Balaban J connectivity index is 1.88. The van der Waals surface area contributed by atoms with Gasteiger partial charge in [0.2, 0.25) is 0 Å². The summed E-state index contributed by atoms with van der Waals surface area (Å²) in [5, 5.41) is 1.09. The molecule has 0 aliphatic heterocycles. The van der Waals surface area contributed by atoms with E-state index in [1.54, 1.807) is 11.3 Å². The minimum atomic E-state index is 0.238. The standard InChI is InChI=1S/C22H40OS/c1-5-6-7-8-9-10-11-12-13-14-15-16-19-23-21-18-17-20(24-21)22(2,3)4/h17-18H,5-16,19H2,1-4H3. The Kier molecular flexibility index (Phi) is 11.5. The lowest BCUT2D eigenvalue weighted by Gasteiger charge is -2.15. The van der Waals surface area contributed by atoms with E-state index in [0.29, 0.717) is 0 Å². The number of unbranched alkanes of at least 4 members (excludes halogenated alkanes) is 11. The largest absolute Gasteiger partial charge is 0.484 e. The van der Waals surface area contributed by atoms with Gasteiger partial charge in [-0.1, -0.05) is 98.3 Å². The molecule has 0 bridgehead atoms. The monoisotopic (exact) mass is 352 g/mol. The molecule has 1 nitrogen and oxygen atoms in total. The van der Waals surface area contributed by atoms with Gasteiger partial charge in [0.1, 0.15) is 0 Å². The molecule has 0 aliphatic rings. The summed E-state index contributed by atoms with van der Waals surface area (Å²) in [6.07, 6.45) is 16.7. The van der Waals surface area contributed by atoms with Gasteiger partial charge in [0, 0.05) is 4.88 Å². The number of hydrogen-bond donors (Lipinski definition) is 0. The second-order valence-electron chi connectivity index (χ2n) is 8.11. The van der Waals surface area contributed by atoms with Crippen LogP contribution in [-0.2, 0) is 5.41 Å². The van der Waals surface area contributed by atoms with Crippen LogP contribution in [0.4, 0.5) is 0 Å². The van der Waals surface area contributed by atoms with Crippen molar-refractivity contribution in [2.45, 2.75) is 110 Å². The van der Waals surface area contributed by atoms with Gasteiger partial charge < -0.3 is 4.74 Å². The molecule has 0 saturated carbocycles. The third-order valence-corrected chi connectivity index (χ3v) is 5.99. The zero-order valence-corrected chi connectivity index (χ0v) is 17.5. The lowest BCUT2D eigenvalue weighted by molar-refractivity contribution is 0.312. The van der Waals surface area contributed by atoms with Crippen molar-refractivity contribution in [2.75, 3.05) is 6.61 Å². The maximum atomic E-state index is 5.89. The number of thiophene rings is 1. The van der Waals surface area contributed by atoms with Crippen molar-refractivity contribution in [3.8, 4) is 5.06 Å². The lowest BCUT2D eigenvalue weighted by atomic mass is 9.95. The van der Waals surface area contributed by atoms with Crippen LogP contribution in [-0.4, -0.2) is 6.61 Å². The van der Waals surface area contributed by atoms with Gasteiger partial charge in [0.25, 0.3) is 0 Å². The van der Waals surface area contributed by atoms with Crippen LogP contribution in [0.15, 0.2) is 12.1 Å². The van der Waals surface area contributed by atoms with Crippen LogP contribution in [0, 0.1) is 0 Å². The molecule has 0 amide bonds. The third kappa shape index (κ3) is 10.4. The molecule has 0 saturated heterocycles. The quantitative estimate of drug-likeness (QED) is 0.307. The molecule has 1 heterocycles. The molecule has 1 rings (SSSR count). The summed E-state index contributed by atoms with van der Waals surface area (Å²) in [7, 11) is 0. The van der Waals surface area contributed by atoms with Gasteiger partial charge in [-0.05, 0) is 24.0 Å². The summed E-state index contributed by atoms with van der Waals surface area (Å²) in [6, 6.07) is 4.34. The van der Waals surface area contributed by atoms with Crippen molar-refractivity contribution in [3.05, 3.63) is 17.0 Å². The molecule has 140 valence electrons. The van der Waals surface area contributed by atoms with Crippen molar-refractivity contribution in [3.63, 3.8) is 0 Å². The van der Waals surface area contributed by atoms with Gasteiger partial charge in [0.15, 0.2) is 5.06 Å². The fourth-order valence-corrected chi connectivity index (χ4v) is 3.85. The molecule has 0 aromatic carbocycles. The van der Waals surface area contributed by atoms with Crippen LogP contribution in [0.1, 0.15) is 110 Å². The van der Waals surface area contributed by atoms with E-state index in [4.69, 9.17) is 4.74 Å². The van der Waals surface area contributed by atoms with Gasteiger partial charge in [-0.25, -0.2) is 0 Å². The highest BCUT2D eigenvalue weighted by atomic mass is 32.1. The predicted molar refractivity (Wildman–Crippen MR) is 110 cm³/mol.